The summed E-state index contributed by atoms with van der Waals surface area (Å²) < 4.78 is 5.70. The van der Waals surface area contributed by atoms with Crippen molar-refractivity contribution in [2.24, 2.45) is 0 Å². The molecule has 0 aliphatic carbocycles. The first-order valence-electron chi connectivity index (χ1n) is 12.1. The summed E-state index contributed by atoms with van der Waals surface area (Å²) >= 11 is 0. The summed E-state index contributed by atoms with van der Waals surface area (Å²) in [6.45, 7) is 6.91. The lowest BCUT2D eigenvalue weighted by molar-refractivity contribution is -0.116. The van der Waals surface area contributed by atoms with E-state index in [1.807, 2.05) is 6.07 Å². The van der Waals surface area contributed by atoms with Crippen LogP contribution in [0.25, 0.3) is 0 Å². The van der Waals surface area contributed by atoms with Gasteiger partial charge in [0.25, 0.3) is 0 Å². The molecule has 0 saturated carbocycles. The van der Waals surface area contributed by atoms with Crippen LogP contribution in [0.15, 0.2) is 54.6 Å². The Bertz CT molecular complexity index is 942. The summed E-state index contributed by atoms with van der Waals surface area (Å²) in [6, 6.07) is 19.9. The largest absolute Gasteiger partial charge is 0.381 e. The van der Waals surface area contributed by atoms with E-state index >= 15 is 0 Å². The van der Waals surface area contributed by atoms with Gasteiger partial charge in [-0.2, -0.15) is 5.26 Å². The summed E-state index contributed by atoms with van der Waals surface area (Å²) in [5.74, 6) is 0.0139. The molecular weight excluding hydrogens is 412 g/mol. The molecule has 6 heteroatoms. The van der Waals surface area contributed by atoms with E-state index in [0.29, 0.717) is 17.7 Å². The third kappa shape index (κ3) is 6.42. The average molecular weight is 447 g/mol. The number of nitrogens with zero attached hydrogens (tertiary/aromatic N) is 3. The summed E-state index contributed by atoms with van der Waals surface area (Å²) in [4.78, 5) is 17.7. The molecule has 174 valence electrons. The highest BCUT2D eigenvalue weighted by Gasteiger charge is 2.39. The van der Waals surface area contributed by atoms with Gasteiger partial charge in [-0.15, -0.1) is 0 Å². The second-order valence-electron chi connectivity index (χ2n) is 9.18. The van der Waals surface area contributed by atoms with Gasteiger partial charge in [0.15, 0.2) is 0 Å². The fraction of sp³-hybridized carbons (Fsp3) is 0.481. The van der Waals surface area contributed by atoms with E-state index in [-0.39, 0.29) is 11.4 Å². The average Bonchev–Trinajstić information content (AvgIpc) is 2.86. The van der Waals surface area contributed by atoms with E-state index in [0.717, 1.165) is 71.6 Å². The van der Waals surface area contributed by atoms with E-state index in [4.69, 9.17) is 10.00 Å². The van der Waals surface area contributed by atoms with Crippen LogP contribution >= 0.6 is 0 Å². The first-order chi connectivity index (χ1) is 16.2. The lowest BCUT2D eigenvalue weighted by Crippen LogP contribution is -2.58. The van der Waals surface area contributed by atoms with Crippen molar-refractivity contribution in [3.63, 3.8) is 0 Å². The second kappa shape index (κ2) is 11.4. The third-order valence-electron chi connectivity index (χ3n) is 7.04. The molecule has 0 radical (unpaired) electrons. The molecule has 1 amide bonds. The van der Waals surface area contributed by atoms with Crippen LogP contribution in [0.4, 0.5) is 5.69 Å². The molecule has 6 nitrogen and oxygen atoms in total. The van der Waals surface area contributed by atoms with E-state index in [1.165, 1.54) is 5.56 Å². The van der Waals surface area contributed by atoms with Gasteiger partial charge in [0.2, 0.25) is 5.91 Å². The second-order valence-corrected chi connectivity index (χ2v) is 9.18. The molecule has 4 rings (SSSR count). The Morgan fingerprint density at radius 3 is 2.52 bits per heavy atom. The van der Waals surface area contributed by atoms with Gasteiger partial charge < -0.3 is 10.1 Å². The summed E-state index contributed by atoms with van der Waals surface area (Å²) in [5.41, 5.74) is 2.76. The van der Waals surface area contributed by atoms with Crippen molar-refractivity contribution in [3.05, 3.63) is 65.7 Å². The molecule has 0 bridgehead atoms. The molecule has 0 atom stereocenters. The first kappa shape index (κ1) is 23.4. The molecular formula is C27H34N4O2. The zero-order valence-corrected chi connectivity index (χ0v) is 19.3. The maximum Gasteiger partial charge on any atom is 0.224 e. The number of hydrogen-bond donors (Lipinski definition) is 1. The molecule has 2 fully saturated rings. The zero-order chi connectivity index (χ0) is 22.9. The van der Waals surface area contributed by atoms with Gasteiger partial charge in [0.05, 0.1) is 11.6 Å². The number of hydrogen-bond acceptors (Lipinski definition) is 5. The molecule has 2 aliphatic rings. The Morgan fingerprint density at radius 2 is 1.79 bits per heavy atom. The van der Waals surface area contributed by atoms with E-state index in [1.54, 1.807) is 18.2 Å². The quantitative estimate of drug-likeness (QED) is 0.663. The molecule has 0 unspecified atom stereocenters. The smallest absolute Gasteiger partial charge is 0.224 e. The summed E-state index contributed by atoms with van der Waals surface area (Å²) in [5, 5.41) is 12.0. The van der Waals surface area contributed by atoms with Crippen LogP contribution in [0.2, 0.25) is 0 Å². The molecule has 33 heavy (non-hydrogen) atoms. The van der Waals surface area contributed by atoms with Crippen LogP contribution in [0.1, 0.15) is 43.2 Å². The Labute approximate surface area is 197 Å². The van der Waals surface area contributed by atoms with Crippen LogP contribution < -0.4 is 5.32 Å². The summed E-state index contributed by atoms with van der Waals surface area (Å²) in [6.07, 6.45) is 4.44. The van der Waals surface area contributed by atoms with E-state index < -0.39 is 0 Å². The monoisotopic (exact) mass is 446 g/mol. The van der Waals surface area contributed by atoms with E-state index in [2.05, 4.69) is 51.5 Å². The van der Waals surface area contributed by atoms with Crippen molar-refractivity contribution >= 4 is 11.6 Å². The molecule has 2 saturated heterocycles. The van der Waals surface area contributed by atoms with Crippen molar-refractivity contribution < 1.29 is 9.53 Å². The van der Waals surface area contributed by atoms with Gasteiger partial charge >= 0.3 is 0 Å². The maximum absolute atomic E-state index is 12.5. The SMILES string of the molecule is N#Cc1cccc(NC(=O)CCCC2(N3CCN(Cc4ccccc4)CC3)CCOCC2)c1. The van der Waals surface area contributed by atoms with Gasteiger partial charge in [0, 0.05) is 63.6 Å². The van der Waals surface area contributed by atoms with Gasteiger partial charge in [-0.1, -0.05) is 36.4 Å². The fourth-order valence-corrected chi connectivity index (χ4v) is 5.17. The van der Waals surface area contributed by atoms with Crippen molar-refractivity contribution in [2.45, 2.75) is 44.2 Å². The molecule has 2 aromatic carbocycles. The number of ether oxygens (including phenoxy) is 1. The van der Waals surface area contributed by atoms with Crippen LogP contribution in [0.5, 0.6) is 0 Å². The zero-order valence-electron chi connectivity index (χ0n) is 19.3. The third-order valence-corrected chi connectivity index (χ3v) is 7.04. The highest BCUT2D eigenvalue weighted by molar-refractivity contribution is 5.90. The standard InChI is InChI=1S/C27H34N4O2/c28-21-24-8-4-9-25(20-24)29-26(32)10-5-11-27(12-18-33-19-13-27)31-16-14-30(15-17-31)22-23-6-2-1-3-7-23/h1-4,6-9,20H,5,10-19,22H2,(H,29,32). The number of piperazine rings is 1. The highest BCUT2D eigenvalue weighted by Crippen LogP contribution is 2.34. The minimum absolute atomic E-state index is 0.0139. The molecule has 2 aromatic rings. The fourth-order valence-electron chi connectivity index (χ4n) is 5.17. The van der Waals surface area contributed by atoms with Crippen LogP contribution in [-0.2, 0) is 16.1 Å². The maximum atomic E-state index is 12.5. The number of nitriles is 1. The molecule has 0 spiro atoms. The van der Waals surface area contributed by atoms with Crippen molar-refractivity contribution in [1.29, 1.82) is 5.26 Å². The van der Waals surface area contributed by atoms with Crippen molar-refractivity contribution in [1.82, 2.24) is 9.80 Å². The number of rotatable bonds is 8. The van der Waals surface area contributed by atoms with Gasteiger partial charge in [-0.25, -0.2) is 0 Å². The Kier molecular flexibility index (Phi) is 8.11. The highest BCUT2D eigenvalue weighted by atomic mass is 16.5. The number of carbonyl (C=O) groups excluding carboxylic acids is 1. The normalized spacial score (nSPS) is 19.0. The number of anilines is 1. The number of nitrogens with one attached hydrogen (secondary N) is 1. The van der Waals surface area contributed by atoms with Gasteiger partial charge in [-0.3, -0.25) is 14.6 Å². The predicted octanol–water partition coefficient (Wildman–Crippen LogP) is 4.03. The van der Waals surface area contributed by atoms with Crippen LogP contribution in [0.3, 0.4) is 0 Å². The first-order valence-corrected chi connectivity index (χ1v) is 12.1. The van der Waals surface area contributed by atoms with Gasteiger partial charge in [-0.05, 0) is 49.4 Å². The Morgan fingerprint density at radius 1 is 1.03 bits per heavy atom. The molecule has 1 N–H and O–H groups in total. The Hall–Kier alpha value is -2.72. The predicted molar refractivity (Wildman–Crippen MR) is 130 cm³/mol. The summed E-state index contributed by atoms with van der Waals surface area (Å²) in [7, 11) is 0. The molecule has 0 aromatic heterocycles. The molecule has 2 heterocycles. The molecule has 2 aliphatic heterocycles. The lowest BCUT2D eigenvalue weighted by Gasteiger charge is -2.50. The number of carbonyl (C=O) groups is 1. The topological polar surface area (TPSA) is 68.6 Å². The van der Waals surface area contributed by atoms with Gasteiger partial charge in [0.1, 0.15) is 0 Å². The minimum atomic E-state index is 0.0139. The van der Waals surface area contributed by atoms with Crippen molar-refractivity contribution in [3.8, 4) is 6.07 Å². The van der Waals surface area contributed by atoms with Crippen LogP contribution in [-0.4, -0.2) is 60.6 Å². The van der Waals surface area contributed by atoms with Crippen molar-refractivity contribution in [2.75, 3.05) is 44.7 Å². The minimum Gasteiger partial charge on any atom is -0.381 e. The van der Waals surface area contributed by atoms with Crippen LogP contribution in [0, 0.1) is 11.3 Å². The number of amides is 1. The number of benzene rings is 2. The van der Waals surface area contributed by atoms with E-state index in [9.17, 15) is 4.79 Å². The Balaban J connectivity index is 1.28. The lowest BCUT2D eigenvalue weighted by atomic mass is 9.82.